The normalized spacial score (nSPS) is 16.9. The third-order valence-electron chi connectivity index (χ3n) is 4.49. The average Bonchev–Trinajstić information content (AvgIpc) is 2.89. The Hall–Kier alpha value is -2.73. The predicted octanol–water partition coefficient (Wildman–Crippen LogP) is 1.46. The first-order valence-electron chi connectivity index (χ1n) is 8.44. The lowest BCUT2D eigenvalue weighted by atomic mass is 10.0. The van der Waals surface area contributed by atoms with E-state index >= 15 is 0 Å². The Morgan fingerprint density at radius 3 is 2.36 bits per heavy atom. The van der Waals surface area contributed by atoms with Crippen molar-refractivity contribution in [3.05, 3.63) is 66.0 Å². The van der Waals surface area contributed by atoms with Crippen molar-refractivity contribution < 1.29 is 9.59 Å². The zero-order chi connectivity index (χ0) is 17.6. The number of pyridine rings is 1. The lowest BCUT2D eigenvalue weighted by molar-refractivity contribution is -0.123. The van der Waals surface area contributed by atoms with Crippen LogP contribution in [0.5, 0.6) is 0 Å². The van der Waals surface area contributed by atoms with Crippen molar-refractivity contribution in [1.29, 1.82) is 0 Å². The highest BCUT2D eigenvalue weighted by atomic mass is 16.2. The summed E-state index contributed by atoms with van der Waals surface area (Å²) in [6.07, 6.45) is 4.04. The Morgan fingerprint density at radius 2 is 1.68 bits per heavy atom. The van der Waals surface area contributed by atoms with Gasteiger partial charge in [0, 0.05) is 44.1 Å². The van der Waals surface area contributed by atoms with Gasteiger partial charge >= 0.3 is 0 Å². The van der Waals surface area contributed by atoms with E-state index in [1.54, 1.807) is 24.5 Å². The minimum Gasteiger partial charge on any atom is -0.368 e. The number of hydrogen-bond acceptors (Lipinski definition) is 4. The van der Waals surface area contributed by atoms with Crippen LogP contribution < -0.4 is 5.73 Å². The van der Waals surface area contributed by atoms with Crippen molar-refractivity contribution in [2.75, 3.05) is 26.2 Å². The van der Waals surface area contributed by atoms with Gasteiger partial charge in [0.1, 0.15) is 6.04 Å². The molecule has 6 nitrogen and oxygen atoms in total. The van der Waals surface area contributed by atoms with Crippen LogP contribution in [-0.4, -0.2) is 52.8 Å². The van der Waals surface area contributed by atoms with E-state index in [4.69, 9.17) is 5.73 Å². The number of hydrogen-bond donors (Lipinski definition) is 1. The molecule has 3 rings (SSSR count). The van der Waals surface area contributed by atoms with Gasteiger partial charge in [-0.25, -0.2) is 0 Å². The highest BCUT2D eigenvalue weighted by Gasteiger charge is 2.28. The van der Waals surface area contributed by atoms with E-state index in [-0.39, 0.29) is 11.8 Å². The number of nitrogens with zero attached hydrogens (tertiary/aromatic N) is 3. The molecule has 2 aromatic rings. The monoisotopic (exact) mass is 338 g/mol. The highest BCUT2D eigenvalue weighted by Crippen LogP contribution is 2.22. The van der Waals surface area contributed by atoms with E-state index in [0.29, 0.717) is 25.2 Å². The van der Waals surface area contributed by atoms with E-state index in [2.05, 4.69) is 9.88 Å². The molecule has 1 aliphatic heterocycles. The molecule has 1 aromatic heterocycles. The fourth-order valence-electron chi connectivity index (χ4n) is 3.27. The largest absolute Gasteiger partial charge is 0.368 e. The molecule has 1 aromatic carbocycles. The van der Waals surface area contributed by atoms with E-state index in [0.717, 1.165) is 18.5 Å². The Bertz CT molecular complexity index is 721. The standard InChI is InChI=1S/C19H22N4O2/c20-18(24)17(15-5-2-1-3-6-15)22-11-4-12-23(14-13-22)19(25)16-7-9-21-10-8-16/h1-3,5-10,17H,4,11-14H2,(H2,20,24). The molecule has 0 spiro atoms. The van der Waals surface area contributed by atoms with Crippen LogP contribution in [0.2, 0.25) is 0 Å². The summed E-state index contributed by atoms with van der Waals surface area (Å²) in [5.41, 5.74) is 7.20. The van der Waals surface area contributed by atoms with Crippen LogP contribution in [0.3, 0.4) is 0 Å². The van der Waals surface area contributed by atoms with E-state index < -0.39 is 6.04 Å². The second kappa shape index (κ2) is 7.90. The van der Waals surface area contributed by atoms with Crippen LogP contribution in [-0.2, 0) is 4.79 Å². The van der Waals surface area contributed by atoms with Gasteiger partial charge < -0.3 is 10.6 Å². The van der Waals surface area contributed by atoms with Gasteiger partial charge in [-0.1, -0.05) is 30.3 Å². The quantitative estimate of drug-likeness (QED) is 0.915. The van der Waals surface area contributed by atoms with Crippen LogP contribution in [0.25, 0.3) is 0 Å². The molecule has 130 valence electrons. The van der Waals surface area contributed by atoms with Gasteiger partial charge in [-0.2, -0.15) is 0 Å². The minimum atomic E-state index is -0.461. The Balaban J connectivity index is 1.72. The van der Waals surface area contributed by atoms with Crippen LogP contribution in [0.15, 0.2) is 54.9 Å². The minimum absolute atomic E-state index is 0.000383. The van der Waals surface area contributed by atoms with Gasteiger partial charge in [0.2, 0.25) is 5.91 Å². The second-order valence-electron chi connectivity index (χ2n) is 6.13. The molecular formula is C19H22N4O2. The molecule has 25 heavy (non-hydrogen) atoms. The highest BCUT2D eigenvalue weighted by molar-refractivity contribution is 5.94. The van der Waals surface area contributed by atoms with E-state index in [1.807, 2.05) is 35.2 Å². The topological polar surface area (TPSA) is 79.5 Å². The second-order valence-corrected chi connectivity index (χ2v) is 6.13. The smallest absolute Gasteiger partial charge is 0.254 e. The first-order chi connectivity index (χ1) is 12.2. The lowest BCUT2D eigenvalue weighted by Crippen LogP contribution is -2.40. The zero-order valence-electron chi connectivity index (χ0n) is 14.0. The molecule has 2 N–H and O–H groups in total. The molecule has 0 bridgehead atoms. The zero-order valence-corrected chi connectivity index (χ0v) is 14.0. The van der Waals surface area contributed by atoms with Crippen molar-refractivity contribution in [3.63, 3.8) is 0 Å². The SMILES string of the molecule is NC(=O)C(c1ccccc1)N1CCCN(C(=O)c2ccncc2)CC1. The molecule has 6 heteroatoms. The summed E-state index contributed by atoms with van der Waals surface area (Å²) in [4.78, 5) is 32.5. The Labute approximate surface area is 147 Å². The number of primary amides is 1. The number of aromatic nitrogens is 1. The number of carbonyl (C=O) groups is 2. The number of nitrogens with two attached hydrogens (primary N) is 1. The van der Waals surface area contributed by atoms with Crippen LogP contribution >= 0.6 is 0 Å². The van der Waals surface area contributed by atoms with Crippen LogP contribution in [0, 0.1) is 0 Å². The fraction of sp³-hybridized carbons (Fsp3) is 0.316. The maximum Gasteiger partial charge on any atom is 0.254 e. The predicted molar refractivity (Wildman–Crippen MR) is 94.7 cm³/mol. The first kappa shape index (κ1) is 17.1. The summed E-state index contributed by atoms with van der Waals surface area (Å²) in [5, 5.41) is 0. The third kappa shape index (κ3) is 4.03. The first-order valence-corrected chi connectivity index (χ1v) is 8.44. The maximum atomic E-state index is 12.6. The summed E-state index contributed by atoms with van der Waals surface area (Å²) >= 11 is 0. The van der Waals surface area contributed by atoms with Crippen molar-refractivity contribution in [3.8, 4) is 0 Å². The molecule has 0 saturated carbocycles. The molecule has 1 atom stereocenters. The van der Waals surface area contributed by atoms with Crippen molar-refractivity contribution >= 4 is 11.8 Å². The van der Waals surface area contributed by atoms with Crippen molar-refractivity contribution in [1.82, 2.24) is 14.8 Å². The molecule has 1 fully saturated rings. The van der Waals surface area contributed by atoms with Gasteiger partial charge in [0.25, 0.3) is 5.91 Å². The average molecular weight is 338 g/mol. The van der Waals surface area contributed by atoms with Crippen LogP contribution in [0.4, 0.5) is 0 Å². The Morgan fingerprint density at radius 1 is 0.960 bits per heavy atom. The van der Waals surface area contributed by atoms with E-state index in [1.165, 1.54) is 0 Å². The van der Waals surface area contributed by atoms with Crippen molar-refractivity contribution in [2.24, 2.45) is 5.73 Å². The molecule has 1 saturated heterocycles. The Kier molecular flexibility index (Phi) is 5.40. The molecule has 0 aliphatic carbocycles. The van der Waals surface area contributed by atoms with Crippen molar-refractivity contribution in [2.45, 2.75) is 12.5 Å². The number of amides is 2. The molecular weight excluding hydrogens is 316 g/mol. The van der Waals surface area contributed by atoms with Gasteiger partial charge in [-0.15, -0.1) is 0 Å². The fourth-order valence-corrected chi connectivity index (χ4v) is 3.27. The number of carbonyl (C=O) groups excluding carboxylic acids is 2. The molecule has 0 radical (unpaired) electrons. The summed E-state index contributed by atoms with van der Waals surface area (Å²) < 4.78 is 0. The third-order valence-corrected chi connectivity index (χ3v) is 4.49. The van der Waals surface area contributed by atoms with Gasteiger partial charge in [0.15, 0.2) is 0 Å². The van der Waals surface area contributed by atoms with Crippen LogP contribution in [0.1, 0.15) is 28.4 Å². The van der Waals surface area contributed by atoms with Gasteiger partial charge in [-0.05, 0) is 24.1 Å². The van der Waals surface area contributed by atoms with Gasteiger partial charge in [-0.3, -0.25) is 19.5 Å². The molecule has 1 unspecified atom stereocenters. The molecule has 1 aliphatic rings. The summed E-state index contributed by atoms with van der Waals surface area (Å²) in [7, 11) is 0. The molecule has 2 amide bonds. The number of rotatable bonds is 4. The molecule has 2 heterocycles. The van der Waals surface area contributed by atoms with E-state index in [9.17, 15) is 9.59 Å². The lowest BCUT2D eigenvalue weighted by Gasteiger charge is -2.28. The summed E-state index contributed by atoms with van der Waals surface area (Å²) in [6.45, 7) is 2.57. The summed E-state index contributed by atoms with van der Waals surface area (Å²) in [6, 6.07) is 12.5. The number of benzene rings is 1. The maximum absolute atomic E-state index is 12.6. The summed E-state index contributed by atoms with van der Waals surface area (Å²) in [5.74, 6) is -0.361. The van der Waals surface area contributed by atoms with Gasteiger partial charge in [0.05, 0.1) is 0 Å².